The number of carbonyl (C=O) groups excluding carboxylic acids is 3. The van der Waals surface area contributed by atoms with E-state index in [0.717, 1.165) is 33.0 Å². The van der Waals surface area contributed by atoms with Crippen molar-refractivity contribution in [2.24, 2.45) is 0 Å². The molecule has 0 bridgehead atoms. The number of imide groups is 1. The second-order valence-corrected chi connectivity index (χ2v) is 10.1. The van der Waals surface area contributed by atoms with Crippen molar-refractivity contribution >= 4 is 39.3 Å². The Morgan fingerprint density at radius 2 is 1.97 bits per heavy atom. The van der Waals surface area contributed by atoms with Gasteiger partial charge in [-0.25, -0.2) is 9.37 Å². The van der Waals surface area contributed by atoms with Gasteiger partial charge in [0.25, 0.3) is 0 Å². The van der Waals surface area contributed by atoms with Crippen LogP contribution in [0, 0.1) is 5.82 Å². The van der Waals surface area contributed by atoms with Gasteiger partial charge in [0.15, 0.2) is 0 Å². The molecule has 3 amide bonds. The Morgan fingerprint density at radius 3 is 2.74 bits per heavy atom. The van der Waals surface area contributed by atoms with Crippen LogP contribution in [0.5, 0.6) is 0 Å². The lowest BCUT2D eigenvalue weighted by atomic mass is 9.75. The van der Waals surface area contributed by atoms with Gasteiger partial charge < -0.3 is 9.64 Å². The summed E-state index contributed by atoms with van der Waals surface area (Å²) < 4.78 is 21.1. The number of hydrogen-bond acceptors (Lipinski definition) is 6. The molecule has 2 fully saturated rings. The van der Waals surface area contributed by atoms with Crippen LogP contribution in [0.4, 0.5) is 4.39 Å². The van der Waals surface area contributed by atoms with Crippen LogP contribution in [0.25, 0.3) is 10.2 Å². The number of para-hydroxylation sites is 1. The van der Waals surface area contributed by atoms with E-state index in [2.05, 4.69) is 0 Å². The molecule has 2 atom stereocenters. The summed E-state index contributed by atoms with van der Waals surface area (Å²) in [6.07, 6.45) is 1.06. The van der Waals surface area contributed by atoms with Gasteiger partial charge in [-0.1, -0.05) is 30.3 Å². The fraction of sp³-hybridized carbons (Fsp3) is 0.385. The van der Waals surface area contributed by atoms with E-state index in [1.807, 2.05) is 24.3 Å². The molecule has 3 heterocycles. The standard InChI is InChI=1S/C26H26FN3O4S/c1-34-14-13-30-23(32)16-26(25(30)33,17-7-2-3-8-18(17)27)15-22(31)29-12-6-10-20(29)24-28-19-9-4-5-11-21(19)35-24/h2-5,7-9,11,20H,6,10,12-16H2,1H3. The molecule has 2 saturated heterocycles. The molecule has 5 rings (SSSR count). The quantitative estimate of drug-likeness (QED) is 0.466. The molecule has 0 spiro atoms. The van der Waals surface area contributed by atoms with Crippen molar-refractivity contribution in [3.8, 4) is 0 Å². The van der Waals surface area contributed by atoms with Gasteiger partial charge in [-0.15, -0.1) is 11.3 Å². The molecule has 2 aliphatic rings. The zero-order valence-corrected chi connectivity index (χ0v) is 20.2. The third kappa shape index (κ3) is 4.12. The molecule has 0 N–H and O–H groups in total. The average molecular weight is 496 g/mol. The molecule has 2 unspecified atom stereocenters. The Hall–Kier alpha value is -3.17. The van der Waals surface area contributed by atoms with Crippen LogP contribution in [-0.2, 0) is 24.5 Å². The summed E-state index contributed by atoms with van der Waals surface area (Å²) in [6, 6.07) is 13.6. The molecule has 2 aliphatic heterocycles. The maximum Gasteiger partial charge on any atom is 0.241 e. The number of benzene rings is 2. The first kappa shape index (κ1) is 23.6. The normalized spacial score (nSPS) is 22.5. The van der Waals surface area contributed by atoms with Crippen molar-refractivity contribution in [1.82, 2.24) is 14.8 Å². The van der Waals surface area contributed by atoms with E-state index >= 15 is 4.39 Å². The predicted molar refractivity (Wildman–Crippen MR) is 129 cm³/mol. The second-order valence-electron chi connectivity index (χ2n) is 9.02. The summed E-state index contributed by atoms with van der Waals surface area (Å²) in [7, 11) is 1.48. The Morgan fingerprint density at radius 1 is 1.20 bits per heavy atom. The smallest absolute Gasteiger partial charge is 0.241 e. The summed E-state index contributed by atoms with van der Waals surface area (Å²) >= 11 is 1.56. The number of aromatic nitrogens is 1. The third-order valence-electron chi connectivity index (χ3n) is 6.94. The highest BCUT2D eigenvalue weighted by Gasteiger charge is 2.55. The van der Waals surface area contributed by atoms with Crippen LogP contribution in [-0.4, -0.2) is 59.3 Å². The number of amides is 3. The first-order valence-corrected chi connectivity index (χ1v) is 12.5. The van der Waals surface area contributed by atoms with Crippen LogP contribution in [0.2, 0.25) is 0 Å². The van der Waals surface area contributed by atoms with E-state index in [-0.39, 0.29) is 43.5 Å². The highest BCUT2D eigenvalue weighted by atomic mass is 32.1. The first-order valence-electron chi connectivity index (χ1n) is 11.7. The maximum absolute atomic E-state index is 15.0. The Kier molecular flexibility index (Phi) is 6.37. The SMILES string of the molecule is COCCN1C(=O)CC(CC(=O)N2CCCC2c2nc3ccccc3s2)(c2ccccc2F)C1=O. The van der Waals surface area contributed by atoms with E-state index < -0.39 is 23.0 Å². The van der Waals surface area contributed by atoms with Crippen LogP contribution in [0.3, 0.4) is 0 Å². The lowest BCUT2D eigenvalue weighted by Crippen LogP contribution is -2.44. The van der Waals surface area contributed by atoms with Crippen LogP contribution < -0.4 is 0 Å². The van der Waals surface area contributed by atoms with Crippen molar-refractivity contribution in [2.75, 3.05) is 26.8 Å². The number of ether oxygens (including phenoxy) is 1. The summed E-state index contributed by atoms with van der Waals surface area (Å²) in [6.45, 7) is 0.767. The first-order chi connectivity index (χ1) is 16.9. The summed E-state index contributed by atoms with van der Waals surface area (Å²) in [5, 5.41) is 0.854. The van der Waals surface area contributed by atoms with Gasteiger partial charge >= 0.3 is 0 Å². The number of fused-ring (bicyclic) bond motifs is 1. The molecule has 3 aromatic rings. The number of carbonyl (C=O) groups is 3. The van der Waals surface area contributed by atoms with Gasteiger partial charge in [0, 0.05) is 32.1 Å². The van der Waals surface area contributed by atoms with Crippen molar-refractivity contribution in [3.05, 3.63) is 64.9 Å². The number of likely N-dealkylation sites (tertiary alicyclic amines) is 2. The largest absolute Gasteiger partial charge is 0.383 e. The predicted octanol–water partition coefficient (Wildman–Crippen LogP) is 3.83. The van der Waals surface area contributed by atoms with Gasteiger partial charge in [0.05, 0.1) is 34.8 Å². The molecule has 0 saturated carbocycles. The molecular formula is C26H26FN3O4S. The minimum absolute atomic E-state index is 0.0661. The molecule has 1 aromatic heterocycles. The van der Waals surface area contributed by atoms with E-state index in [0.29, 0.717) is 6.54 Å². The van der Waals surface area contributed by atoms with E-state index in [9.17, 15) is 14.4 Å². The number of hydrogen-bond donors (Lipinski definition) is 0. The van der Waals surface area contributed by atoms with Crippen molar-refractivity contribution < 1.29 is 23.5 Å². The number of rotatable bonds is 7. The zero-order chi connectivity index (χ0) is 24.6. The van der Waals surface area contributed by atoms with E-state index in [4.69, 9.17) is 9.72 Å². The van der Waals surface area contributed by atoms with Gasteiger partial charge in [0.1, 0.15) is 10.8 Å². The van der Waals surface area contributed by atoms with Crippen molar-refractivity contribution in [3.63, 3.8) is 0 Å². The van der Waals surface area contributed by atoms with Gasteiger partial charge in [0.2, 0.25) is 17.7 Å². The van der Waals surface area contributed by atoms with Gasteiger partial charge in [-0.2, -0.15) is 0 Å². The number of methoxy groups -OCH3 is 1. The second kappa shape index (κ2) is 9.47. The molecular weight excluding hydrogens is 469 g/mol. The maximum atomic E-state index is 15.0. The monoisotopic (exact) mass is 495 g/mol. The molecule has 0 aliphatic carbocycles. The fourth-order valence-corrected chi connectivity index (χ4v) is 6.33. The molecule has 0 radical (unpaired) electrons. The lowest BCUT2D eigenvalue weighted by Gasteiger charge is -2.31. The number of nitrogens with zero attached hydrogens (tertiary/aromatic N) is 3. The Bertz CT molecular complexity index is 1260. The molecule has 7 nitrogen and oxygen atoms in total. The topological polar surface area (TPSA) is 79.8 Å². The highest BCUT2D eigenvalue weighted by Crippen LogP contribution is 2.43. The Labute approximate surface area is 206 Å². The fourth-order valence-electron chi connectivity index (χ4n) is 5.22. The van der Waals surface area contributed by atoms with Crippen LogP contribution >= 0.6 is 11.3 Å². The van der Waals surface area contributed by atoms with Crippen LogP contribution in [0.1, 0.15) is 42.3 Å². The molecule has 35 heavy (non-hydrogen) atoms. The van der Waals surface area contributed by atoms with E-state index in [1.54, 1.807) is 22.3 Å². The summed E-state index contributed by atoms with van der Waals surface area (Å²) in [4.78, 5) is 47.8. The number of thiazole rings is 1. The van der Waals surface area contributed by atoms with Gasteiger partial charge in [-0.3, -0.25) is 19.3 Å². The Balaban J connectivity index is 1.48. The summed E-state index contributed by atoms with van der Waals surface area (Å²) in [5.41, 5.74) is -0.601. The third-order valence-corrected chi connectivity index (χ3v) is 8.08. The molecule has 2 aromatic carbocycles. The number of halogens is 1. The molecule has 182 valence electrons. The van der Waals surface area contributed by atoms with Crippen molar-refractivity contribution in [2.45, 2.75) is 37.1 Å². The lowest BCUT2D eigenvalue weighted by molar-refractivity contribution is -0.143. The van der Waals surface area contributed by atoms with Crippen LogP contribution in [0.15, 0.2) is 48.5 Å². The minimum atomic E-state index is -1.58. The molecule has 9 heteroatoms. The highest BCUT2D eigenvalue weighted by molar-refractivity contribution is 7.18. The van der Waals surface area contributed by atoms with Gasteiger partial charge in [-0.05, 0) is 31.0 Å². The summed E-state index contributed by atoms with van der Waals surface area (Å²) in [5.74, 6) is -1.84. The minimum Gasteiger partial charge on any atom is -0.383 e. The average Bonchev–Trinajstić information content (AvgIpc) is 3.55. The zero-order valence-electron chi connectivity index (χ0n) is 19.4. The van der Waals surface area contributed by atoms with Crippen molar-refractivity contribution in [1.29, 1.82) is 0 Å². The van der Waals surface area contributed by atoms with E-state index in [1.165, 1.54) is 25.3 Å².